The van der Waals surface area contributed by atoms with Gasteiger partial charge in [-0.15, -0.1) is 0 Å². The number of hydrogen-bond donors (Lipinski definition) is 4. The lowest BCUT2D eigenvalue weighted by molar-refractivity contribution is -0.131. The van der Waals surface area contributed by atoms with Gasteiger partial charge in [0.25, 0.3) is 0 Å². The van der Waals surface area contributed by atoms with E-state index in [0.29, 0.717) is 24.8 Å². The SMILES string of the molecule is CCC(C)Nc1ccc(O)c2c1CC(CC(CCO)C(CO)C(=O)CC(C)=O)CC2=O. The van der Waals surface area contributed by atoms with E-state index in [9.17, 15) is 29.7 Å². The zero-order valence-electron chi connectivity index (χ0n) is 18.7. The van der Waals surface area contributed by atoms with Gasteiger partial charge in [0.05, 0.1) is 18.6 Å². The van der Waals surface area contributed by atoms with Crippen LogP contribution >= 0.6 is 0 Å². The smallest absolute Gasteiger partial charge is 0.167 e. The number of nitrogens with one attached hydrogen (secondary N) is 1. The number of aromatic hydroxyl groups is 1. The van der Waals surface area contributed by atoms with E-state index in [1.54, 1.807) is 12.1 Å². The van der Waals surface area contributed by atoms with E-state index in [1.807, 2.05) is 6.92 Å². The maximum atomic E-state index is 12.9. The zero-order valence-corrected chi connectivity index (χ0v) is 18.7. The van der Waals surface area contributed by atoms with E-state index < -0.39 is 12.5 Å². The molecule has 0 heterocycles. The van der Waals surface area contributed by atoms with Gasteiger partial charge in [0.2, 0.25) is 0 Å². The fraction of sp³-hybridized carbons (Fsp3) is 0.625. The highest BCUT2D eigenvalue weighted by Crippen LogP contribution is 2.40. The number of carbonyl (C=O) groups excluding carboxylic acids is 3. The summed E-state index contributed by atoms with van der Waals surface area (Å²) >= 11 is 0. The first kappa shape index (κ1) is 25.0. The molecule has 0 saturated heterocycles. The molecule has 0 bridgehead atoms. The number of ketones is 3. The van der Waals surface area contributed by atoms with Crippen molar-refractivity contribution in [2.45, 2.75) is 65.3 Å². The van der Waals surface area contributed by atoms with Crippen LogP contribution in [0.15, 0.2) is 12.1 Å². The van der Waals surface area contributed by atoms with Crippen LogP contribution in [-0.4, -0.2) is 51.9 Å². The van der Waals surface area contributed by atoms with Gasteiger partial charge < -0.3 is 20.6 Å². The molecule has 0 saturated carbocycles. The number of phenols is 1. The number of fused-ring (bicyclic) bond motifs is 1. The lowest BCUT2D eigenvalue weighted by atomic mass is 9.73. The van der Waals surface area contributed by atoms with E-state index in [1.165, 1.54) is 6.92 Å². The normalized spacial score (nSPS) is 18.7. The standard InChI is InChI=1S/C24H35NO6/c1-4-14(2)25-20-5-6-21(29)24-18(20)11-16(12-23(24)31)10-17(7-8-26)19(13-27)22(30)9-15(3)28/h5-6,14,16-17,19,25-27,29H,4,7-13H2,1-3H3. The minimum atomic E-state index is -0.741. The summed E-state index contributed by atoms with van der Waals surface area (Å²) in [5, 5.41) is 33.0. The summed E-state index contributed by atoms with van der Waals surface area (Å²) in [4.78, 5) is 36.8. The number of aliphatic hydroxyl groups excluding tert-OH is 2. The molecule has 0 fully saturated rings. The molecule has 1 aromatic carbocycles. The second-order valence-electron chi connectivity index (χ2n) is 8.78. The molecule has 7 nitrogen and oxygen atoms in total. The Morgan fingerprint density at radius 3 is 2.52 bits per heavy atom. The summed E-state index contributed by atoms with van der Waals surface area (Å²) in [6.07, 6.45) is 2.23. The van der Waals surface area contributed by atoms with Crippen LogP contribution in [0.4, 0.5) is 5.69 Å². The maximum absolute atomic E-state index is 12.9. The Morgan fingerprint density at radius 2 is 1.94 bits per heavy atom. The van der Waals surface area contributed by atoms with Gasteiger partial charge in [0, 0.05) is 30.7 Å². The number of Topliss-reactive ketones (excluding diaryl/α,β-unsaturated/α-hetero) is 3. The zero-order chi connectivity index (χ0) is 23.1. The predicted molar refractivity (Wildman–Crippen MR) is 118 cm³/mol. The van der Waals surface area contributed by atoms with Crippen molar-refractivity contribution in [3.63, 3.8) is 0 Å². The number of carbonyl (C=O) groups is 3. The van der Waals surface area contributed by atoms with Gasteiger partial charge in [-0.05, 0) is 69.1 Å². The first-order chi connectivity index (χ1) is 14.7. The van der Waals surface area contributed by atoms with Crippen LogP contribution in [0.1, 0.15) is 68.8 Å². The third kappa shape index (κ3) is 6.37. The van der Waals surface area contributed by atoms with Crippen LogP contribution < -0.4 is 5.32 Å². The average Bonchev–Trinajstić information content (AvgIpc) is 2.69. The average molecular weight is 434 g/mol. The van der Waals surface area contributed by atoms with Gasteiger partial charge in [-0.1, -0.05) is 6.92 Å². The lowest BCUT2D eigenvalue weighted by Gasteiger charge is -2.32. The Bertz CT molecular complexity index is 806. The van der Waals surface area contributed by atoms with Crippen molar-refractivity contribution < 1.29 is 29.7 Å². The van der Waals surface area contributed by atoms with E-state index in [0.717, 1.165) is 17.7 Å². The minimum Gasteiger partial charge on any atom is -0.507 e. The second kappa shape index (κ2) is 11.4. The van der Waals surface area contributed by atoms with E-state index >= 15 is 0 Å². The number of rotatable bonds is 12. The molecule has 0 radical (unpaired) electrons. The third-order valence-electron chi connectivity index (χ3n) is 6.29. The molecular formula is C24H35NO6. The molecule has 0 amide bonds. The van der Waals surface area contributed by atoms with Gasteiger partial charge in [0.1, 0.15) is 17.3 Å². The Morgan fingerprint density at radius 1 is 1.23 bits per heavy atom. The van der Waals surface area contributed by atoms with Crippen molar-refractivity contribution in [1.29, 1.82) is 0 Å². The Hall–Kier alpha value is -2.25. The lowest BCUT2D eigenvalue weighted by Crippen LogP contribution is -2.32. The monoisotopic (exact) mass is 433 g/mol. The number of hydrogen-bond acceptors (Lipinski definition) is 7. The number of anilines is 1. The molecule has 4 unspecified atom stereocenters. The number of benzene rings is 1. The maximum Gasteiger partial charge on any atom is 0.167 e. The molecule has 31 heavy (non-hydrogen) atoms. The second-order valence-corrected chi connectivity index (χ2v) is 8.78. The van der Waals surface area contributed by atoms with Crippen molar-refractivity contribution >= 4 is 23.0 Å². The molecule has 1 aliphatic carbocycles. The highest BCUT2D eigenvalue weighted by Gasteiger charge is 2.35. The number of aliphatic hydroxyl groups is 2. The molecule has 4 atom stereocenters. The molecule has 1 aliphatic rings. The highest BCUT2D eigenvalue weighted by molar-refractivity contribution is 6.02. The molecule has 0 aromatic heterocycles. The quantitative estimate of drug-likeness (QED) is 0.295. The Kier molecular flexibility index (Phi) is 9.19. The van der Waals surface area contributed by atoms with Crippen LogP contribution in [0.3, 0.4) is 0 Å². The Balaban J connectivity index is 2.28. The Labute approximate surface area is 183 Å². The van der Waals surface area contributed by atoms with Gasteiger partial charge in [-0.25, -0.2) is 0 Å². The molecule has 0 spiro atoms. The van der Waals surface area contributed by atoms with E-state index in [-0.39, 0.29) is 60.4 Å². The molecule has 7 heteroatoms. The van der Waals surface area contributed by atoms with Crippen LogP contribution in [0.25, 0.3) is 0 Å². The van der Waals surface area contributed by atoms with E-state index in [4.69, 9.17) is 0 Å². The van der Waals surface area contributed by atoms with Gasteiger partial charge in [-0.3, -0.25) is 14.4 Å². The summed E-state index contributed by atoms with van der Waals surface area (Å²) in [5.41, 5.74) is 1.96. The molecule has 172 valence electrons. The summed E-state index contributed by atoms with van der Waals surface area (Å²) in [7, 11) is 0. The summed E-state index contributed by atoms with van der Waals surface area (Å²) in [6, 6.07) is 3.53. The number of phenolic OH excluding ortho intramolecular Hbond substituents is 1. The van der Waals surface area contributed by atoms with Gasteiger partial charge >= 0.3 is 0 Å². The predicted octanol–water partition coefficient (Wildman–Crippen LogP) is 2.89. The fourth-order valence-corrected chi connectivity index (χ4v) is 4.52. The summed E-state index contributed by atoms with van der Waals surface area (Å²) < 4.78 is 0. The first-order valence-corrected chi connectivity index (χ1v) is 11.1. The van der Waals surface area contributed by atoms with Crippen molar-refractivity contribution in [2.24, 2.45) is 17.8 Å². The largest absolute Gasteiger partial charge is 0.507 e. The van der Waals surface area contributed by atoms with Crippen LogP contribution in [0.5, 0.6) is 5.75 Å². The van der Waals surface area contributed by atoms with Crippen molar-refractivity contribution in [3.8, 4) is 5.75 Å². The summed E-state index contributed by atoms with van der Waals surface area (Å²) in [6.45, 7) is 4.90. The van der Waals surface area contributed by atoms with Gasteiger partial charge in [0.15, 0.2) is 5.78 Å². The fourth-order valence-electron chi connectivity index (χ4n) is 4.52. The third-order valence-corrected chi connectivity index (χ3v) is 6.29. The van der Waals surface area contributed by atoms with Crippen molar-refractivity contribution in [3.05, 3.63) is 23.3 Å². The van der Waals surface area contributed by atoms with Crippen molar-refractivity contribution in [1.82, 2.24) is 0 Å². The van der Waals surface area contributed by atoms with Crippen LogP contribution in [-0.2, 0) is 16.0 Å². The molecule has 2 rings (SSSR count). The molecular weight excluding hydrogens is 398 g/mol. The first-order valence-electron chi connectivity index (χ1n) is 11.1. The molecule has 4 N–H and O–H groups in total. The van der Waals surface area contributed by atoms with Gasteiger partial charge in [-0.2, -0.15) is 0 Å². The minimum absolute atomic E-state index is 0.0232. The summed E-state index contributed by atoms with van der Waals surface area (Å²) in [5.74, 6) is -1.91. The van der Waals surface area contributed by atoms with E-state index in [2.05, 4.69) is 12.2 Å². The topological polar surface area (TPSA) is 124 Å². The van der Waals surface area contributed by atoms with Crippen LogP contribution in [0.2, 0.25) is 0 Å². The molecule has 0 aliphatic heterocycles. The van der Waals surface area contributed by atoms with Crippen molar-refractivity contribution in [2.75, 3.05) is 18.5 Å². The molecule has 1 aromatic rings. The highest BCUT2D eigenvalue weighted by atomic mass is 16.3. The van der Waals surface area contributed by atoms with Crippen LogP contribution in [0, 0.1) is 17.8 Å².